The topological polar surface area (TPSA) is 64.7 Å². The van der Waals surface area contributed by atoms with Crippen LogP contribution in [-0.4, -0.2) is 5.78 Å². The minimum atomic E-state index is -1.08. The lowest BCUT2D eigenvalue weighted by molar-refractivity contribution is -0.123. The fourth-order valence-corrected chi connectivity index (χ4v) is 1.02. The predicted octanol–water partition coefficient (Wildman–Crippen LogP) is 1.66. The van der Waals surface area contributed by atoms with Gasteiger partial charge in [-0.05, 0) is 6.42 Å². The molecule has 0 rings (SSSR count). The van der Waals surface area contributed by atoms with Crippen molar-refractivity contribution in [1.82, 2.24) is 0 Å². The van der Waals surface area contributed by atoms with Crippen LogP contribution in [0.1, 0.15) is 26.7 Å². The minimum absolute atomic E-state index is 0.167. The van der Waals surface area contributed by atoms with Crippen LogP contribution in [0, 0.1) is 34.5 Å². The molecule has 0 saturated heterocycles. The molecule has 0 N–H and O–H groups in total. The molecule has 0 aromatic rings. The molecule has 12 heavy (non-hydrogen) atoms. The standard InChI is InChI=1S/C9H12N2O/c1-3-4-7(2)9(12)8(5-10)6-11/h7-8H,3-4H2,1-2H3. The van der Waals surface area contributed by atoms with E-state index in [-0.39, 0.29) is 11.7 Å². The maximum Gasteiger partial charge on any atom is 0.191 e. The Morgan fingerprint density at radius 2 is 1.92 bits per heavy atom. The third kappa shape index (κ3) is 2.72. The van der Waals surface area contributed by atoms with E-state index in [2.05, 4.69) is 0 Å². The molecule has 0 bridgehead atoms. The normalized spacial score (nSPS) is 11.8. The monoisotopic (exact) mass is 164 g/mol. The number of nitriles is 2. The highest BCUT2D eigenvalue weighted by atomic mass is 16.1. The van der Waals surface area contributed by atoms with E-state index in [1.807, 2.05) is 6.92 Å². The Morgan fingerprint density at radius 3 is 2.25 bits per heavy atom. The van der Waals surface area contributed by atoms with Crippen LogP contribution in [0.4, 0.5) is 0 Å². The molecule has 0 fully saturated rings. The number of hydrogen-bond acceptors (Lipinski definition) is 3. The van der Waals surface area contributed by atoms with Crippen LogP contribution in [0.3, 0.4) is 0 Å². The average molecular weight is 164 g/mol. The van der Waals surface area contributed by atoms with Gasteiger partial charge in [-0.15, -0.1) is 0 Å². The van der Waals surface area contributed by atoms with Gasteiger partial charge < -0.3 is 0 Å². The van der Waals surface area contributed by atoms with Gasteiger partial charge in [0.05, 0.1) is 12.1 Å². The lowest BCUT2D eigenvalue weighted by atomic mass is 9.93. The van der Waals surface area contributed by atoms with Gasteiger partial charge in [-0.2, -0.15) is 10.5 Å². The van der Waals surface area contributed by atoms with Gasteiger partial charge in [0.1, 0.15) is 0 Å². The third-order valence-electron chi connectivity index (χ3n) is 1.75. The zero-order chi connectivity index (χ0) is 9.56. The summed E-state index contributed by atoms with van der Waals surface area (Å²) < 4.78 is 0. The zero-order valence-electron chi connectivity index (χ0n) is 7.37. The first kappa shape index (κ1) is 10.7. The Balaban J connectivity index is 4.21. The van der Waals surface area contributed by atoms with Gasteiger partial charge in [0.25, 0.3) is 0 Å². The summed E-state index contributed by atoms with van der Waals surface area (Å²) in [5, 5.41) is 16.8. The van der Waals surface area contributed by atoms with Crippen molar-refractivity contribution in [2.45, 2.75) is 26.7 Å². The molecule has 0 radical (unpaired) electrons. The van der Waals surface area contributed by atoms with E-state index in [4.69, 9.17) is 10.5 Å². The van der Waals surface area contributed by atoms with Crippen molar-refractivity contribution in [1.29, 1.82) is 10.5 Å². The van der Waals surface area contributed by atoms with E-state index in [1.165, 1.54) is 0 Å². The Hall–Kier alpha value is -1.35. The molecule has 1 unspecified atom stereocenters. The summed E-state index contributed by atoms with van der Waals surface area (Å²) in [6, 6.07) is 3.36. The second kappa shape index (κ2) is 5.32. The largest absolute Gasteiger partial charge is 0.297 e. The minimum Gasteiger partial charge on any atom is -0.297 e. The SMILES string of the molecule is CCCC(C)C(=O)C(C#N)C#N. The van der Waals surface area contributed by atoms with Crippen LogP contribution in [-0.2, 0) is 4.79 Å². The summed E-state index contributed by atoms with van der Waals surface area (Å²) in [5.74, 6) is -1.49. The number of Topliss-reactive ketones (excluding diaryl/α,β-unsaturated/α-hetero) is 1. The van der Waals surface area contributed by atoms with Crippen molar-refractivity contribution >= 4 is 5.78 Å². The molecule has 0 aromatic heterocycles. The van der Waals surface area contributed by atoms with Crippen LogP contribution in [0.2, 0.25) is 0 Å². The van der Waals surface area contributed by atoms with E-state index >= 15 is 0 Å². The lowest BCUT2D eigenvalue weighted by Crippen LogP contribution is -2.18. The molecular formula is C9H12N2O. The number of carbonyl (C=O) groups is 1. The van der Waals surface area contributed by atoms with Gasteiger partial charge in [0.15, 0.2) is 11.7 Å². The van der Waals surface area contributed by atoms with E-state index in [1.54, 1.807) is 19.1 Å². The van der Waals surface area contributed by atoms with Crippen LogP contribution in [0.25, 0.3) is 0 Å². The number of carbonyl (C=O) groups excluding carboxylic acids is 1. The number of rotatable bonds is 4. The van der Waals surface area contributed by atoms with Gasteiger partial charge in [-0.3, -0.25) is 4.79 Å². The first-order valence-electron chi connectivity index (χ1n) is 4.00. The van der Waals surface area contributed by atoms with Crippen molar-refractivity contribution in [2.75, 3.05) is 0 Å². The molecule has 1 atom stereocenters. The van der Waals surface area contributed by atoms with Gasteiger partial charge >= 0.3 is 0 Å². The van der Waals surface area contributed by atoms with Crippen LogP contribution >= 0.6 is 0 Å². The fourth-order valence-electron chi connectivity index (χ4n) is 1.02. The van der Waals surface area contributed by atoms with Gasteiger partial charge in [-0.25, -0.2) is 0 Å². The van der Waals surface area contributed by atoms with E-state index < -0.39 is 5.92 Å². The smallest absolute Gasteiger partial charge is 0.191 e. The van der Waals surface area contributed by atoms with Gasteiger partial charge in [-0.1, -0.05) is 20.3 Å². The molecule has 64 valence electrons. The molecule has 0 aliphatic carbocycles. The third-order valence-corrected chi connectivity index (χ3v) is 1.75. The van der Waals surface area contributed by atoms with E-state index in [0.29, 0.717) is 0 Å². The van der Waals surface area contributed by atoms with Gasteiger partial charge in [0, 0.05) is 5.92 Å². The van der Waals surface area contributed by atoms with Crippen LogP contribution < -0.4 is 0 Å². The van der Waals surface area contributed by atoms with Crippen molar-refractivity contribution in [3.63, 3.8) is 0 Å². The van der Waals surface area contributed by atoms with E-state index in [0.717, 1.165) is 12.8 Å². The van der Waals surface area contributed by atoms with Crippen molar-refractivity contribution in [3.8, 4) is 12.1 Å². The zero-order valence-corrected chi connectivity index (χ0v) is 7.37. The van der Waals surface area contributed by atoms with Gasteiger partial charge in [0.2, 0.25) is 0 Å². The molecular weight excluding hydrogens is 152 g/mol. The molecule has 0 aromatic carbocycles. The highest BCUT2D eigenvalue weighted by molar-refractivity contribution is 5.87. The molecule has 3 heteroatoms. The molecule has 0 saturated carbocycles. The molecule has 0 aliphatic heterocycles. The maximum absolute atomic E-state index is 11.3. The molecule has 0 aliphatic rings. The Labute approximate surface area is 72.6 Å². The highest BCUT2D eigenvalue weighted by Crippen LogP contribution is 2.11. The van der Waals surface area contributed by atoms with Crippen molar-refractivity contribution < 1.29 is 4.79 Å². The Kier molecular flexibility index (Phi) is 4.72. The van der Waals surface area contributed by atoms with Crippen LogP contribution in [0.15, 0.2) is 0 Å². The second-order valence-electron chi connectivity index (χ2n) is 2.78. The summed E-state index contributed by atoms with van der Waals surface area (Å²) in [5.41, 5.74) is 0. The first-order valence-corrected chi connectivity index (χ1v) is 4.00. The fraction of sp³-hybridized carbons (Fsp3) is 0.667. The van der Waals surface area contributed by atoms with E-state index in [9.17, 15) is 4.79 Å². The number of nitrogens with zero attached hydrogens (tertiary/aromatic N) is 2. The summed E-state index contributed by atoms with van der Waals surface area (Å²) >= 11 is 0. The highest BCUT2D eigenvalue weighted by Gasteiger charge is 2.22. The molecule has 0 amide bonds. The first-order chi connectivity index (χ1) is 5.67. The predicted molar refractivity (Wildman–Crippen MR) is 43.8 cm³/mol. The van der Waals surface area contributed by atoms with Crippen molar-refractivity contribution in [3.05, 3.63) is 0 Å². The maximum atomic E-state index is 11.3. The molecule has 0 spiro atoms. The van der Waals surface area contributed by atoms with Crippen LogP contribution in [0.5, 0.6) is 0 Å². The van der Waals surface area contributed by atoms with Crippen molar-refractivity contribution in [2.24, 2.45) is 11.8 Å². The Morgan fingerprint density at radius 1 is 1.42 bits per heavy atom. The number of ketones is 1. The average Bonchev–Trinajstić information content (AvgIpc) is 2.07. The quantitative estimate of drug-likeness (QED) is 0.634. The second-order valence-corrected chi connectivity index (χ2v) is 2.78. The lowest BCUT2D eigenvalue weighted by Gasteiger charge is -2.07. The molecule has 3 nitrogen and oxygen atoms in total. The Bertz CT molecular complexity index is 220. The summed E-state index contributed by atoms with van der Waals surface area (Å²) in [6.07, 6.45) is 1.65. The molecule has 0 heterocycles. The summed E-state index contributed by atoms with van der Waals surface area (Å²) in [4.78, 5) is 11.3. The number of hydrogen-bond donors (Lipinski definition) is 0. The summed E-state index contributed by atoms with van der Waals surface area (Å²) in [6.45, 7) is 3.73. The summed E-state index contributed by atoms with van der Waals surface area (Å²) in [7, 11) is 0.